The van der Waals surface area contributed by atoms with Gasteiger partial charge in [0.15, 0.2) is 5.13 Å². The molecule has 1 unspecified atom stereocenters. The minimum absolute atomic E-state index is 0.733. The van der Waals surface area contributed by atoms with Crippen LogP contribution in [0.4, 0.5) is 5.13 Å². The zero-order chi connectivity index (χ0) is 20.1. The first kappa shape index (κ1) is 20.9. The highest BCUT2D eigenvalue weighted by Crippen LogP contribution is 2.33. The lowest BCUT2D eigenvalue weighted by atomic mass is 9.86. The zero-order valence-electron chi connectivity index (χ0n) is 18.0. The Morgan fingerprint density at radius 2 is 1.93 bits per heavy atom. The van der Waals surface area contributed by atoms with E-state index in [0.29, 0.717) is 0 Å². The monoisotopic (exact) mass is 411 g/mol. The maximum absolute atomic E-state index is 5.91. The van der Waals surface area contributed by atoms with Crippen LogP contribution in [0, 0.1) is 11.8 Å². The fourth-order valence-corrected chi connectivity index (χ4v) is 6.19. The Hall–Kier alpha value is -1.39. The number of nitrogens with zero attached hydrogens (tertiary/aromatic N) is 2. The summed E-state index contributed by atoms with van der Waals surface area (Å²) in [5.74, 6) is 1.71. The molecule has 0 saturated carbocycles. The molecule has 29 heavy (non-hydrogen) atoms. The number of benzene rings is 1. The van der Waals surface area contributed by atoms with E-state index in [0.717, 1.165) is 36.4 Å². The second kappa shape index (κ2) is 10.1. The Balaban J connectivity index is 1.26. The van der Waals surface area contributed by atoms with Crippen LogP contribution in [-0.4, -0.2) is 23.0 Å². The van der Waals surface area contributed by atoms with E-state index in [1.165, 1.54) is 86.2 Å². The number of nitrogens with two attached hydrogens (primary N) is 1. The molecule has 1 saturated heterocycles. The van der Waals surface area contributed by atoms with Crippen LogP contribution < -0.4 is 5.73 Å². The van der Waals surface area contributed by atoms with Gasteiger partial charge in [0.25, 0.3) is 0 Å². The van der Waals surface area contributed by atoms with E-state index in [4.69, 9.17) is 5.73 Å². The number of likely N-dealkylation sites (tertiary alicyclic amines) is 1. The summed E-state index contributed by atoms with van der Waals surface area (Å²) in [6, 6.07) is 9.37. The average Bonchev–Trinajstić information content (AvgIpc) is 3.09. The number of aryl methyl sites for hydroxylation is 1. The van der Waals surface area contributed by atoms with Gasteiger partial charge in [0, 0.05) is 11.4 Å². The molecule has 1 aromatic heterocycles. The zero-order valence-corrected chi connectivity index (χ0v) is 18.9. The summed E-state index contributed by atoms with van der Waals surface area (Å²) >= 11 is 1.70. The van der Waals surface area contributed by atoms with E-state index in [1.807, 2.05) is 0 Å². The second-order valence-electron chi connectivity index (χ2n) is 9.27. The van der Waals surface area contributed by atoms with Gasteiger partial charge in [-0.15, -0.1) is 11.3 Å². The highest BCUT2D eigenvalue weighted by Gasteiger charge is 2.23. The molecule has 0 radical (unpaired) electrons. The molecule has 2 N–H and O–H groups in total. The molecule has 2 aromatic rings. The standard InChI is InChI=1S/C25H37N3S/c1-2-3-4-6-19-11-13-28(14-12-19)18-22-8-5-7-20(16-22)15-21-9-10-23-24(17-21)29-25(26)27-23/h5,7-8,16,19,21H,2-4,6,9-15,17-18H2,1H3,(H2,26,27). The topological polar surface area (TPSA) is 42.2 Å². The van der Waals surface area contributed by atoms with E-state index < -0.39 is 0 Å². The summed E-state index contributed by atoms with van der Waals surface area (Å²) in [4.78, 5) is 8.59. The molecule has 0 bridgehead atoms. The third kappa shape index (κ3) is 5.82. The van der Waals surface area contributed by atoms with Gasteiger partial charge in [-0.3, -0.25) is 4.90 Å². The van der Waals surface area contributed by atoms with Crippen molar-refractivity contribution in [2.24, 2.45) is 11.8 Å². The van der Waals surface area contributed by atoms with E-state index in [-0.39, 0.29) is 0 Å². The molecule has 2 heterocycles. The van der Waals surface area contributed by atoms with Crippen molar-refractivity contribution >= 4 is 16.5 Å². The summed E-state index contributed by atoms with van der Waals surface area (Å²) in [5.41, 5.74) is 10.2. The fourth-order valence-electron chi connectivity index (χ4n) is 5.20. The van der Waals surface area contributed by atoms with Crippen LogP contribution >= 0.6 is 11.3 Å². The van der Waals surface area contributed by atoms with Gasteiger partial charge in [-0.05, 0) is 74.6 Å². The molecule has 1 atom stereocenters. The van der Waals surface area contributed by atoms with Gasteiger partial charge in [-0.25, -0.2) is 4.98 Å². The number of anilines is 1. The average molecular weight is 412 g/mol. The minimum atomic E-state index is 0.733. The van der Waals surface area contributed by atoms with Crippen LogP contribution in [0.3, 0.4) is 0 Å². The highest BCUT2D eigenvalue weighted by atomic mass is 32.1. The molecule has 1 aliphatic heterocycles. The van der Waals surface area contributed by atoms with E-state index >= 15 is 0 Å². The molecular formula is C25H37N3S. The Morgan fingerprint density at radius 3 is 2.76 bits per heavy atom. The second-order valence-corrected chi connectivity index (χ2v) is 10.4. The molecule has 1 aromatic carbocycles. The van der Waals surface area contributed by atoms with Gasteiger partial charge >= 0.3 is 0 Å². The molecule has 3 nitrogen and oxygen atoms in total. The van der Waals surface area contributed by atoms with Crippen LogP contribution in [-0.2, 0) is 25.8 Å². The lowest BCUT2D eigenvalue weighted by Crippen LogP contribution is -2.33. The van der Waals surface area contributed by atoms with Crippen molar-refractivity contribution in [3.8, 4) is 0 Å². The largest absolute Gasteiger partial charge is 0.375 e. The summed E-state index contributed by atoms with van der Waals surface area (Å²) in [7, 11) is 0. The number of unbranched alkanes of at least 4 members (excludes halogenated alkanes) is 2. The van der Waals surface area contributed by atoms with Crippen LogP contribution in [0.25, 0.3) is 0 Å². The van der Waals surface area contributed by atoms with Crippen LogP contribution in [0.1, 0.15) is 73.6 Å². The number of rotatable bonds is 8. The normalized spacial score (nSPS) is 20.7. The molecule has 4 heteroatoms. The van der Waals surface area contributed by atoms with Crippen molar-refractivity contribution in [1.82, 2.24) is 9.88 Å². The first-order chi connectivity index (χ1) is 14.2. The van der Waals surface area contributed by atoms with Gasteiger partial charge in [-0.1, -0.05) is 56.9 Å². The first-order valence-corrected chi connectivity index (χ1v) is 12.6. The molecule has 4 rings (SSSR count). The van der Waals surface area contributed by atoms with Crippen molar-refractivity contribution in [3.63, 3.8) is 0 Å². The number of hydrogen-bond acceptors (Lipinski definition) is 4. The quantitative estimate of drug-likeness (QED) is 0.553. The summed E-state index contributed by atoms with van der Waals surface area (Å²) < 4.78 is 0. The van der Waals surface area contributed by atoms with Crippen LogP contribution in [0.5, 0.6) is 0 Å². The third-order valence-corrected chi connectivity index (χ3v) is 7.85. The predicted octanol–water partition coefficient (Wildman–Crippen LogP) is 5.87. The predicted molar refractivity (Wildman–Crippen MR) is 124 cm³/mol. The minimum Gasteiger partial charge on any atom is -0.375 e. The summed E-state index contributed by atoms with van der Waals surface area (Å²) in [6.07, 6.45) is 13.1. The van der Waals surface area contributed by atoms with Gasteiger partial charge in [0.2, 0.25) is 0 Å². The van der Waals surface area contributed by atoms with E-state index in [1.54, 1.807) is 11.3 Å². The lowest BCUT2D eigenvalue weighted by Gasteiger charge is -2.32. The smallest absolute Gasteiger partial charge is 0.180 e. The van der Waals surface area contributed by atoms with Crippen LogP contribution in [0.2, 0.25) is 0 Å². The summed E-state index contributed by atoms with van der Waals surface area (Å²) in [5, 5.41) is 0.742. The van der Waals surface area contributed by atoms with Crippen molar-refractivity contribution in [1.29, 1.82) is 0 Å². The van der Waals surface area contributed by atoms with Crippen molar-refractivity contribution in [3.05, 3.63) is 46.0 Å². The molecule has 158 valence electrons. The highest BCUT2D eigenvalue weighted by molar-refractivity contribution is 7.15. The number of piperidine rings is 1. The SMILES string of the molecule is CCCCCC1CCN(Cc2cccc(CC3CCc4nc(N)sc4C3)c2)CC1. The van der Waals surface area contributed by atoms with E-state index in [2.05, 4.69) is 41.1 Å². The Labute approximate surface area is 180 Å². The molecule has 1 fully saturated rings. The third-order valence-electron chi connectivity index (χ3n) is 6.90. The Bertz CT molecular complexity index is 776. The van der Waals surface area contributed by atoms with Crippen LogP contribution in [0.15, 0.2) is 24.3 Å². The van der Waals surface area contributed by atoms with Crippen molar-refractivity contribution < 1.29 is 0 Å². The van der Waals surface area contributed by atoms with Gasteiger partial charge in [0.05, 0.1) is 5.69 Å². The molecule has 2 aliphatic rings. The summed E-state index contributed by atoms with van der Waals surface area (Å²) in [6.45, 7) is 5.98. The first-order valence-electron chi connectivity index (χ1n) is 11.7. The Kier molecular flexibility index (Phi) is 7.25. The maximum Gasteiger partial charge on any atom is 0.180 e. The fraction of sp³-hybridized carbons (Fsp3) is 0.640. The molecular weight excluding hydrogens is 374 g/mol. The van der Waals surface area contributed by atoms with E-state index in [9.17, 15) is 0 Å². The molecule has 0 spiro atoms. The van der Waals surface area contributed by atoms with Gasteiger partial charge < -0.3 is 5.73 Å². The number of aromatic nitrogens is 1. The molecule has 0 amide bonds. The Morgan fingerprint density at radius 1 is 1.10 bits per heavy atom. The number of thiazole rings is 1. The number of hydrogen-bond donors (Lipinski definition) is 1. The number of fused-ring (bicyclic) bond motifs is 1. The number of nitrogen functional groups attached to an aromatic ring is 1. The van der Waals surface area contributed by atoms with Gasteiger partial charge in [0.1, 0.15) is 0 Å². The van der Waals surface area contributed by atoms with Crippen molar-refractivity contribution in [2.75, 3.05) is 18.8 Å². The maximum atomic E-state index is 5.91. The molecule has 1 aliphatic carbocycles. The van der Waals surface area contributed by atoms with Crippen molar-refractivity contribution in [2.45, 2.75) is 77.7 Å². The van der Waals surface area contributed by atoms with Gasteiger partial charge in [-0.2, -0.15) is 0 Å². The lowest BCUT2D eigenvalue weighted by molar-refractivity contribution is 0.170.